The first kappa shape index (κ1) is 16.2. The van der Waals surface area contributed by atoms with E-state index in [1.165, 1.54) is 5.56 Å². The molecule has 0 aliphatic carbocycles. The van der Waals surface area contributed by atoms with Crippen LogP contribution >= 0.6 is 0 Å². The molecule has 0 atom stereocenters. The zero-order valence-electron chi connectivity index (χ0n) is 13.0. The molecule has 0 spiro atoms. The van der Waals surface area contributed by atoms with Gasteiger partial charge in [0.1, 0.15) is 0 Å². The molecule has 1 aliphatic rings. The number of hydrogen-bond acceptors (Lipinski definition) is 3. The number of benzene rings is 1. The van der Waals surface area contributed by atoms with Crippen molar-refractivity contribution in [3.05, 3.63) is 41.0 Å². The standard InChI is InChI=1S/C16H24N2O2S/c1-4-14-7-8-16(10-15(14)11-17-3)21(19,20)18-9-5-6-13(2)12-18/h6-8,10,17H,4-5,9,11-12H2,1-3H3. The maximum Gasteiger partial charge on any atom is 0.243 e. The van der Waals surface area contributed by atoms with Crippen LogP contribution < -0.4 is 5.32 Å². The summed E-state index contributed by atoms with van der Waals surface area (Å²) < 4.78 is 27.1. The Balaban J connectivity index is 2.36. The lowest BCUT2D eigenvalue weighted by molar-refractivity contribution is 0.428. The van der Waals surface area contributed by atoms with E-state index in [-0.39, 0.29) is 0 Å². The Morgan fingerprint density at radius 1 is 1.29 bits per heavy atom. The SMILES string of the molecule is CCc1ccc(S(=O)(=O)N2CCC=C(C)C2)cc1CNC. The van der Waals surface area contributed by atoms with E-state index in [1.54, 1.807) is 10.4 Å². The highest BCUT2D eigenvalue weighted by Gasteiger charge is 2.26. The van der Waals surface area contributed by atoms with E-state index < -0.39 is 10.0 Å². The third kappa shape index (κ3) is 3.54. The summed E-state index contributed by atoms with van der Waals surface area (Å²) in [6, 6.07) is 5.49. The first-order valence-corrected chi connectivity index (χ1v) is 8.85. The number of rotatable bonds is 5. The van der Waals surface area contributed by atoms with E-state index in [4.69, 9.17) is 0 Å². The number of nitrogens with zero attached hydrogens (tertiary/aromatic N) is 1. The monoisotopic (exact) mass is 308 g/mol. The van der Waals surface area contributed by atoms with Crippen molar-refractivity contribution in [2.75, 3.05) is 20.1 Å². The van der Waals surface area contributed by atoms with Gasteiger partial charge in [0.15, 0.2) is 0 Å². The van der Waals surface area contributed by atoms with E-state index in [0.717, 1.165) is 24.0 Å². The molecule has 0 fully saturated rings. The predicted molar refractivity (Wildman–Crippen MR) is 85.7 cm³/mol. The van der Waals surface area contributed by atoms with E-state index in [2.05, 4.69) is 18.3 Å². The van der Waals surface area contributed by atoms with Crippen LogP contribution in [0.2, 0.25) is 0 Å². The molecule has 5 heteroatoms. The Bertz CT molecular complexity index is 636. The van der Waals surface area contributed by atoms with Gasteiger partial charge in [0.05, 0.1) is 4.90 Å². The van der Waals surface area contributed by atoms with Crippen molar-refractivity contribution in [3.8, 4) is 0 Å². The molecule has 4 nitrogen and oxygen atoms in total. The first-order chi connectivity index (χ1) is 9.98. The summed E-state index contributed by atoms with van der Waals surface area (Å²) in [4.78, 5) is 0.402. The third-order valence-corrected chi connectivity index (χ3v) is 5.70. The lowest BCUT2D eigenvalue weighted by Gasteiger charge is -2.26. The number of nitrogens with one attached hydrogen (secondary N) is 1. The van der Waals surface area contributed by atoms with Gasteiger partial charge >= 0.3 is 0 Å². The summed E-state index contributed by atoms with van der Waals surface area (Å²) in [5.41, 5.74) is 3.37. The summed E-state index contributed by atoms with van der Waals surface area (Å²) in [6.07, 6.45) is 3.81. The van der Waals surface area contributed by atoms with Gasteiger partial charge in [-0.3, -0.25) is 0 Å². The van der Waals surface area contributed by atoms with Crippen LogP contribution in [0.25, 0.3) is 0 Å². The molecule has 21 heavy (non-hydrogen) atoms. The Labute approximate surface area is 127 Å². The number of hydrogen-bond donors (Lipinski definition) is 1. The Hall–Kier alpha value is -1.17. The fraction of sp³-hybridized carbons (Fsp3) is 0.500. The van der Waals surface area contributed by atoms with Gasteiger partial charge < -0.3 is 5.32 Å². The minimum atomic E-state index is -3.40. The molecule has 1 aromatic carbocycles. The Kier molecular flexibility index (Phi) is 5.19. The van der Waals surface area contributed by atoms with Crippen molar-refractivity contribution >= 4 is 10.0 Å². The average molecular weight is 308 g/mol. The second-order valence-electron chi connectivity index (χ2n) is 5.49. The molecule has 116 valence electrons. The van der Waals surface area contributed by atoms with Gasteiger partial charge in [0.2, 0.25) is 10.0 Å². The van der Waals surface area contributed by atoms with Gasteiger partial charge in [0, 0.05) is 19.6 Å². The first-order valence-electron chi connectivity index (χ1n) is 7.41. The minimum absolute atomic E-state index is 0.402. The van der Waals surface area contributed by atoms with Crippen LogP contribution in [0.1, 0.15) is 31.4 Å². The molecule has 0 saturated heterocycles. The summed E-state index contributed by atoms with van der Waals surface area (Å²) >= 11 is 0. The highest BCUT2D eigenvalue weighted by atomic mass is 32.2. The highest BCUT2D eigenvalue weighted by Crippen LogP contribution is 2.23. The summed E-state index contributed by atoms with van der Waals surface area (Å²) in [7, 11) is -1.52. The van der Waals surface area contributed by atoms with Gasteiger partial charge in [-0.05, 0) is 50.1 Å². The van der Waals surface area contributed by atoms with Crippen LogP contribution in [-0.2, 0) is 23.0 Å². The lowest BCUT2D eigenvalue weighted by atomic mass is 10.1. The molecule has 1 aliphatic heterocycles. The highest BCUT2D eigenvalue weighted by molar-refractivity contribution is 7.89. The van der Waals surface area contributed by atoms with Crippen LogP contribution in [0.3, 0.4) is 0 Å². The quantitative estimate of drug-likeness (QED) is 0.849. The van der Waals surface area contributed by atoms with Crippen molar-refractivity contribution in [2.24, 2.45) is 0 Å². The molecule has 0 radical (unpaired) electrons. The predicted octanol–water partition coefficient (Wildman–Crippen LogP) is 2.31. The molecular formula is C16H24N2O2S. The largest absolute Gasteiger partial charge is 0.316 e. The molecule has 1 aromatic rings. The summed E-state index contributed by atoms with van der Waals surface area (Å²) in [5, 5.41) is 3.11. The van der Waals surface area contributed by atoms with Gasteiger partial charge in [-0.1, -0.05) is 24.6 Å². The molecule has 0 unspecified atom stereocenters. The Morgan fingerprint density at radius 2 is 2.05 bits per heavy atom. The molecule has 2 rings (SSSR count). The molecule has 1 N–H and O–H groups in total. The number of aryl methyl sites for hydroxylation is 1. The lowest BCUT2D eigenvalue weighted by Crippen LogP contribution is -2.35. The fourth-order valence-corrected chi connectivity index (χ4v) is 4.24. The molecule has 0 bridgehead atoms. The minimum Gasteiger partial charge on any atom is -0.316 e. The van der Waals surface area contributed by atoms with Gasteiger partial charge in [0.25, 0.3) is 0 Å². The maximum absolute atomic E-state index is 12.8. The van der Waals surface area contributed by atoms with Crippen LogP contribution in [0, 0.1) is 0 Å². The normalized spacial score (nSPS) is 16.8. The maximum atomic E-state index is 12.8. The van der Waals surface area contributed by atoms with E-state index in [1.807, 2.05) is 26.1 Å². The number of sulfonamides is 1. The molecular weight excluding hydrogens is 284 g/mol. The van der Waals surface area contributed by atoms with Crippen LogP contribution in [0.4, 0.5) is 0 Å². The Morgan fingerprint density at radius 3 is 2.67 bits per heavy atom. The van der Waals surface area contributed by atoms with Crippen molar-refractivity contribution in [2.45, 2.75) is 38.1 Å². The van der Waals surface area contributed by atoms with E-state index >= 15 is 0 Å². The van der Waals surface area contributed by atoms with Gasteiger partial charge in [-0.25, -0.2) is 8.42 Å². The topological polar surface area (TPSA) is 49.4 Å². The molecule has 0 aromatic heterocycles. The van der Waals surface area contributed by atoms with Crippen LogP contribution in [0.5, 0.6) is 0 Å². The summed E-state index contributed by atoms with van der Waals surface area (Å²) in [5.74, 6) is 0. The molecule has 0 amide bonds. The zero-order valence-corrected chi connectivity index (χ0v) is 13.8. The smallest absolute Gasteiger partial charge is 0.243 e. The molecule has 1 heterocycles. The van der Waals surface area contributed by atoms with Crippen molar-refractivity contribution in [1.82, 2.24) is 9.62 Å². The second-order valence-corrected chi connectivity index (χ2v) is 7.43. The average Bonchev–Trinajstić information content (AvgIpc) is 2.47. The summed E-state index contributed by atoms with van der Waals surface area (Å²) in [6.45, 7) is 5.82. The zero-order chi connectivity index (χ0) is 15.5. The van der Waals surface area contributed by atoms with Crippen LogP contribution in [-0.4, -0.2) is 32.9 Å². The third-order valence-electron chi connectivity index (χ3n) is 3.86. The van der Waals surface area contributed by atoms with Crippen molar-refractivity contribution < 1.29 is 8.42 Å². The van der Waals surface area contributed by atoms with Crippen molar-refractivity contribution in [1.29, 1.82) is 0 Å². The van der Waals surface area contributed by atoms with E-state index in [9.17, 15) is 8.42 Å². The van der Waals surface area contributed by atoms with Gasteiger partial charge in [-0.15, -0.1) is 0 Å². The van der Waals surface area contributed by atoms with Gasteiger partial charge in [-0.2, -0.15) is 4.31 Å². The van der Waals surface area contributed by atoms with Crippen molar-refractivity contribution in [3.63, 3.8) is 0 Å². The fourth-order valence-electron chi connectivity index (χ4n) is 2.69. The van der Waals surface area contributed by atoms with E-state index in [0.29, 0.717) is 24.5 Å². The van der Waals surface area contributed by atoms with Crippen LogP contribution in [0.15, 0.2) is 34.7 Å². The second kappa shape index (κ2) is 6.73. The molecule has 0 saturated carbocycles.